The van der Waals surface area contributed by atoms with Crippen LogP contribution < -0.4 is 5.32 Å². The van der Waals surface area contributed by atoms with Gasteiger partial charge in [0, 0.05) is 0 Å². The van der Waals surface area contributed by atoms with E-state index < -0.39 is 6.04 Å². The molecule has 0 aromatic heterocycles. The van der Waals surface area contributed by atoms with E-state index in [0.717, 1.165) is 12.0 Å². The Hall–Kier alpha value is -1.79. The molecule has 1 rings (SSSR count). The number of aryl methyl sites for hydroxylation is 1. The Morgan fingerprint density at radius 3 is 2.56 bits per heavy atom. The van der Waals surface area contributed by atoms with E-state index in [1.807, 2.05) is 24.3 Å². The fourth-order valence-electron chi connectivity index (χ4n) is 1.67. The third-order valence-corrected chi connectivity index (χ3v) is 2.65. The molecule has 3 nitrogen and oxygen atoms in total. The number of carbonyl (C=O) groups excluding carboxylic acids is 1. The van der Waals surface area contributed by atoms with Gasteiger partial charge in [0.05, 0.1) is 13.2 Å². The number of benzene rings is 1. The summed E-state index contributed by atoms with van der Waals surface area (Å²) in [6, 6.07) is 7.40. The first kappa shape index (κ1) is 14.3. The molecule has 0 saturated heterocycles. The summed E-state index contributed by atoms with van der Waals surface area (Å²) in [7, 11) is 0. The van der Waals surface area contributed by atoms with Gasteiger partial charge in [-0.05, 0) is 24.5 Å². The lowest BCUT2D eigenvalue weighted by atomic mass is 10.0. The number of esters is 1. The smallest absolute Gasteiger partial charge is 0.327 e. The van der Waals surface area contributed by atoms with Crippen LogP contribution in [0.15, 0.2) is 24.3 Å². The van der Waals surface area contributed by atoms with Gasteiger partial charge in [0.15, 0.2) is 0 Å². The second-order valence-corrected chi connectivity index (χ2v) is 3.87. The molecule has 3 heteroatoms. The maximum absolute atomic E-state index is 11.9. The van der Waals surface area contributed by atoms with Crippen molar-refractivity contribution in [3.63, 3.8) is 0 Å². The van der Waals surface area contributed by atoms with Gasteiger partial charge in [-0.2, -0.15) is 0 Å². The molecule has 0 aliphatic heterocycles. The minimum atomic E-state index is -0.494. The lowest BCUT2D eigenvalue weighted by Gasteiger charge is -2.16. The van der Waals surface area contributed by atoms with Crippen molar-refractivity contribution in [3.8, 4) is 12.3 Å². The van der Waals surface area contributed by atoms with Crippen molar-refractivity contribution in [3.05, 3.63) is 35.4 Å². The molecule has 1 unspecified atom stereocenters. The molecule has 0 bridgehead atoms. The molecule has 0 spiro atoms. The molecule has 1 aromatic carbocycles. The largest absolute Gasteiger partial charge is 0.465 e. The third-order valence-electron chi connectivity index (χ3n) is 2.65. The fraction of sp³-hybridized carbons (Fsp3) is 0.400. The zero-order valence-electron chi connectivity index (χ0n) is 10.9. The standard InChI is InChI=1S/C15H19NO2/c1-4-11-16-14(15(17)18-6-3)13-9-7-12(5-2)8-10-13/h1,7-10,14,16H,5-6,11H2,2-3H3. The zero-order chi connectivity index (χ0) is 13.4. The zero-order valence-corrected chi connectivity index (χ0v) is 10.9. The Labute approximate surface area is 109 Å². The summed E-state index contributed by atoms with van der Waals surface area (Å²) in [5, 5.41) is 3.00. The van der Waals surface area contributed by atoms with Gasteiger partial charge in [-0.1, -0.05) is 37.1 Å². The number of nitrogens with one attached hydrogen (secondary N) is 1. The number of ether oxygens (including phenoxy) is 1. The molecule has 0 radical (unpaired) electrons. The topological polar surface area (TPSA) is 38.3 Å². The van der Waals surface area contributed by atoms with E-state index in [9.17, 15) is 4.79 Å². The number of hydrogen-bond acceptors (Lipinski definition) is 3. The molecule has 96 valence electrons. The lowest BCUT2D eigenvalue weighted by molar-refractivity contribution is -0.145. The predicted molar refractivity (Wildman–Crippen MR) is 72.0 cm³/mol. The van der Waals surface area contributed by atoms with Gasteiger partial charge in [0.1, 0.15) is 6.04 Å². The van der Waals surface area contributed by atoms with E-state index in [1.165, 1.54) is 5.56 Å². The minimum absolute atomic E-state index is 0.294. The molecule has 1 atom stereocenters. The van der Waals surface area contributed by atoms with Gasteiger partial charge in [0.2, 0.25) is 0 Å². The Balaban J connectivity index is 2.86. The number of rotatable bonds is 6. The van der Waals surface area contributed by atoms with Crippen LogP contribution in [0.5, 0.6) is 0 Å². The summed E-state index contributed by atoms with van der Waals surface area (Å²) in [5.41, 5.74) is 2.11. The van der Waals surface area contributed by atoms with Gasteiger partial charge >= 0.3 is 5.97 Å². The summed E-state index contributed by atoms with van der Waals surface area (Å²) in [5.74, 6) is 2.17. The van der Waals surface area contributed by atoms with Crippen molar-refractivity contribution in [2.24, 2.45) is 0 Å². The predicted octanol–water partition coefficient (Wildman–Crippen LogP) is 2.08. The van der Waals surface area contributed by atoms with Crippen LogP contribution in [0.4, 0.5) is 0 Å². The Morgan fingerprint density at radius 1 is 1.39 bits per heavy atom. The second-order valence-electron chi connectivity index (χ2n) is 3.87. The average molecular weight is 245 g/mol. The molecule has 18 heavy (non-hydrogen) atoms. The van der Waals surface area contributed by atoms with E-state index in [1.54, 1.807) is 6.92 Å². The number of terminal acetylenes is 1. The highest BCUT2D eigenvalue weighted by molar-refractivity contribution is 5.77. The molecule has 0 heterocycles. The first-order valence-electron chi connectivity index (χ1n) is 6.15. The Morgan fingerprint density at radius 2 is 2.06 bits per heavy atom. The van der Waals surface area contributed by atoms with E-state index in [2.05, 4.69) is 18.2 Å². The van der Waals surface area contributed by atoms with E-state index >= 15 is 0 Å². The van der Waals surface area contributed by atoms with E-state index in [4.69, 9.17) is 11.2 Å². The first-order valence-corrected chi connectivity index (χ1v) is 6.15. The summed E-state index contributed by atoms with van der Waals surface area (Å²) in [6.07, 6.45) is 6.18. The minimum Gasteiger partial charge on any atom is -0.465 e. The van der Waals surface area contributed by atoms with Crippen LogP contribution in [-0.4, -0.2) is 19.1 Å². The molecule has 1 aromatic rings. The van der Waals surface area contributed by atoms with Crippen molar-refractivity contribution in [1.29, 1.82) is 0 Å². The van der Waals surface area contributed by atoms with Crippen molar-refractivity contribution in [2.75, 3.05) is 13.2 Å². The van der Waals surface area contributed by atoms with Crippen LogP contribution in [0.25, 0.3) is 0 Å². The SMILES string of the molecule is C#CCNC(C(=O)OCC)c1ccc(CC)cc1. The van der Waals surface area contributed by atoms with E-state index in [0.29, 0.717) is 13.2 Å². The summed E-state index contributed by atoms with van der Waals surface area (Å²) in [4.78, 5) is 11.9. The highest BCUT2D eigenvalue weighted by Gasteiger charge is 2.20. The van der Waals surface area contributed by atoms with Gasteiger partial charge in [-0.3, -0.25) is 5.32 Å². The molecule has 0 fully saturated rings. The molecule has 0 amide bonds. The van der Waals surface area contributed by atoms with Crippen LogP contribution in [0.1, 0.15) is 31.0 Å². The Kier molecular flexibility index (Phi) is 5.96. The second kappa shape index (κ2) is 7.52. The van der Waals surface area contributed by atoms with Crippen LogP contribution in [0.3, 0.4) is 0 Å². The Bertz CT molecular complexity index is 417. The molecular weight excluding hydrogens is 226 g/mol. The van der Waals surface area contributed by atoms with Crippen molar-refractivity contribution < 1.29 is 9.53 Å². The third kappa shape index (κ3) is 3.90. The number of carbonyl (C=O) groups is 1. The van der Waals surface area contributed by atoms with Gasteiger partial charge in [-0.25, -0.2) is 4.79 Å². The normalized spacial score (nSPS) is 11.6. The lowest BCUT2D eigenvalue weighted by Crippen LogP contribution is -2.30. The molecule has 0 aliphatic rings. The summed E-state index contributed by atoms with van der Waals surface area (Å²) >= 11 is 0. The highest BCUT2D eigenvalue weighted by atomic mass is 16.5. The van der Waals surface area contributed by atoms with Crippen LogP contribution >= 0.6 is 0 Å². The van der Waals surface area contributed by atoms with E-state index in [-0.39, 0.29) is 5.97 Å². The van der Waals surface area contributed by atoms with Crippen LogP contribution in [0.2, 0.25) is 0 Å². The average Bonchev–Trinajstić information content (AvgIpc) is 2.40. The van der Waals surface area contributed by atoms with Crippen molar-refractivity contribution in [2.45, 2.75) is 26.3 Å². The number of hydrogen-bond donors (Lipinski definition) is 1. The van der Waals surface area contributed by atoms with Gasteiger partial charge in [-0.15, -0.1) is 6.42 Å². The summed E-state index contributed by atoms with van der Waals surface area (Å²) in [6.45, 7) is 4.57. The van der Waals surface area contributed by atoms with Crippen LogP contribution in [0, 0.1) is 12.3 Å². The fourth-order valence-corrected chi connectivity index (χ4v) is 1.67. The maximum Gasteiger partial charge on any atom is 0.327 e. The quantitative estimate of drug-likeness (QED) is 0.616. The molecule has 1 N–H and O–H groups in total. The monoisotopic (exact) mass is 245 g/mol. The van der Waals surface area contributed by atoms with Crippen LogP contribution in [-0.2, 0) is 16.0 Å². The molecule has 0 saturated carbocycles. The highest BCUT2D eigenvalue weighted by Crippen LogP contribution is 2.16. The summed E-state index contributed by atoms with van der Waals surface area (Å²) < 4.78 is 5.04. The van der Waals surface area contributed by atoms with Gasteiger partial charge < -0.3 is 4.74 Å². The maximum atomic E-state index is 11.9. The van der Waals surface area contributed by atoms with Crippen molar-refractivity contribution in [1.82, 2.24) is 5.32 Å². The molecular formula is C15H19NO2. The first-order chi connectivity index (χ1) is 8.72. The van der Waals surface area contributed by atoms with Crippen molar-refractivity contribution >= 4 is 5.97 Å². The van der Waals surface area contributed by atoms with Gasteiger partial charge in [0.25, 0.3) is 0 Å². The molecule has 0 aliphatic carbocycles.